The second-order valence-electron chi connectivity index (χ2n) is 6.12. The van der Waals surface area contributed by atoms with E-state index in [0.29, 0.717) is 6.07 Å². The molecule has 2 aliphatic heterocycles. The molecule has 1 aromatic carbocycles. The normalized spacial score (nSPS) is 33.0. The van der Waals surface area contributed by atoms with E-state index in [1.54, 1.807) is 0 Å². The van der Waals surface area contributed by atoms with Crippen LogP contribution in [0.4, 0.5) is 17.6 Å². The maximum Gasteiger partial charge on any atom is 0.416 e. The summed E-state index contributed by atoms with van der Waals surface area (Å²) in [6.07, 6.45) is -1.49. The number of rotatable bonds is 1. The van der Waals surface area contributed by atoms with Gasteiger partial charge in [-0.05, 0) is 43.4 Å². The van der Waals surface area contributed by atoms with Crippen molar-refractivity contribution in [1.82, 2.24) is 5.32 Å². The van der Waals surface area contributed by atoms with Gasteiger partial charge >= 0.3 is 6.18 Å². The van der Waals surface area contributed by atoms with Gasteiger partial charge in [-0.3, -0.25) is 0 Å². The highest BCUT2D eigenvalue weighted by Crippen LogP contribution is 2.44. The number of alkyl halides is 3. The van der Waals surface area contributed by atoms with Gasteiger partial charge in [-0.2, -0.15) is 13.2 Å². The first-order valence-electron chi connectivity index (χ1n) is 7.14. The summed E-state index contributed by atoms with van der Waals surface area (Å²) in [7, 11) is 0. The molecule has 2 fully saturated rings. The van der Waals surface area contributed by atoms with Gasteiger partial charge in [0.15, 0.2) is 0 Å². The van der Waals surface area contributed by atoms with Gasteiger partial charge in [0.1, 0.15) is 5.82 Å². The molecule has 3 rings (SSSR count). The van der Waals surface area contributed by atoms with E-state index < -0.39 is 23.2 Å². The summed E-state index contributed by atoms with van der Waals surface area (Å²) in [6.45, 7) is 0. The van der Waals surface area contributed by atoms with E-state index in [-0.39, 0.29) is 30.5 Å². The molecule has 2 atom stereocenters. The molecule has 0 spiro atoms. The predicted octanol–water partition coefficient (Wildman–Crippen LogP) is 3.34. The van der Waals surface area contributed by atoms with E-state index in [2.05, 4.69) is 5.32 Å². The van der Waals surface area contributed by atoms with E-state index in [4.69, 9.17) is 0 Å². The lowest BCUT2D eigenvalue weighted by molar-refractivity contribution is -0.142. The predicted molar refractivity (Wildman–Crippen MR) is 69.1 cm³/mol. The minimum atomic E-state index is -4.67. The number of hydrogen-bond donors (Lipinski definition) is 2. The van der Waals surface area contributed by atoms with Crippen molar-refractivity contribution in [2.45, 2.75) is 56.0 Å². The number of hydrogen-bond acceptors (Lipinski definition) is 2. The van der Waals surface area contributed by atoms with Gasteiger partial charge in [-0.15, -0.1) is 0 Å². The minimum Gasteiger partial charge on any atom is -0.385 e. The first kappa shape index (κ1) is 14.8. The molecule has 2 aliphatic rings. The van der Waals surface area contributed by atoms with Crippen molar-refractivity contribution in [3.8, 4) is 0 Å². The van der Waals surface area contributed by atoms with E-state index in [1.807, 2.05) is 0 Å². The molecule has 2 N–H and O–H groups in total. The highest BCUT2D eigenvalue weighted by atomic mass is 19.4. The zero-order chi connectivity index (χ0) is 15.3. The summed E-state index contributed by atoms with van der Waals surface area (Å²) in [4.78, 5) is 0. The van der Waals surface area contributed by atoms with Crippen LogP contribution in [-0.4, -0.2) is 17.2 Å². The highest BCUT2D eigenvalue weighted by Gasteiger charge is 2.46. The Kier molecular flexibility index (Phi) is 3.48. The zero-order valence-electron chi connectivity index (χ0n) is 11.4. The summed E-state index contributed by atoms with van der Waals surface area (Å²) in [5.41, 5.74) is -2.81. The van der Waals surface area contributed by atoms with Crippen LogP contribution in [0.5, 0.6) is 0 Å². The van der Waals surface area contributed by atoms with Gasteiger partial charge in [-0.25, -0.2) is 4.39 Å². The first-order valence-corrected chi connectivity index (χ1v) is 7.14. The number of aliphatic hydroxyl groups is 1. The maximum absolute atomic E-state index is 13.2. The van der Waals surface area contributed by atoms with Crippen LogP contribution in [0.25, 0.3) is 0 Å². The Bertz CT molecular complexity index is 531. The van der Waals surface area contributed by atoms with Crippen molar-refractivity contribution in [1.29, 1.82) is 0 Å². The van der Waals surface area contributed by atoms with Gasteiger partial charge in [-0.1, -0.05) is 12.5 Å². The molecule has 0 aromatic heterocycles. The monoisotopic (exact) mass is 303 g/mol. The van der Waals surface area contributed by atoms with Crippen LogP contribution in [0.2, 0.25) is 0 Å². The smallest absolute Gasteiger partial charge is 0.385 e. The fraction of sp³-hybridized carbons (Fsp3) is 0.600. The Hall–Kier alpha value is -1.14. The molecule has 1 aromatic rings. The van der Waals surface area contributed by atoms with Crippen molar-refractivity contribution in [2.24, 2.45) is 0 Å². The van der Waals surface area contributed by atoms with Gasteiger partial charge < -0.3 is 10.4 Å². The summed E-state index contributed by atoms with van der Waals surface area (Å²) in [5.74, 6) is -0.941. The SMILES string of the molecule is OC1(c2ccc(F)cc2C(F)(F)F)CC2CCCC(C1)N2. The second-order valence-corrected chi connectivity index (χ2v) is 6.12. The van der Waals surface area contributed by atoms with Crippen LogP contribution in [0.15, 0.2) is 18.2 Å². The van der Waals surface area contributed by atoms with Crippen LogP contribution < -0.4 is 5.32 Å². The third-order valence-corrected chi connectivity index (χ3v) is 4.53. The van der Waals surface area contributed by atoms with Gasteiger partial charge in [0.25, 0.3) is 0 Å². The average molecular weight is 303 g/mol. The molecule has 6 heteroatoms. The fourth-order valence-corrected chi connectivity index (χ4v) is 3.71. The summed E-state index contributed by atoms with van der Waals surface area (Å²) in [6, 6.07) is 2.59. The van der Waals surface area contributed by atoms with Crippen LogP contribution in [0.3, 0.4) is 0 Å². The Morgan fingerprint density at radius 3 is 2.33 bits per heavy atom. The van der Waals surface area contributed by atoms with Crippen LogP contribution in [0, 0.1) is 5.82 Å². The zero-order valence-corrected chi connectivity index (χ0v) is 11.4. The molecule has 2 unspecified atom stereocenters. The van der Waals surface area contributed by atoms with E-state index in [9.17, 15) is 22.7 Å². The number of benzene rings is 1. The van der Waals surface area contributed by atoms with Crippen LogP contribution >= 0.6 is 0 Å². The standard InChI is InChI=1S/C15H17F4NO/c16-9-4-5-12(13(6-9)15(17,18)19)14(21)7-10-2-1-3-11(8-14)20-10/h4-6,10-11,20-21H,1-3,7-8H2. The van der Waals surface area contributed by atoms with Crippen molar-refractivity contribution in [3.05, 3.63) is 35.1 Å². The number of halogens is 4. The number of piperidine rings is 2. The molecule has 0 radical (unpaired) electrons. The molecule has 2 bridgehead atoms. The van der Waals surface area contributed by atoms with Crippen molar-refractivity contribution < 1.29 is 22.7 Å². The Balaban J connectivity index is 2.03. The summed E-state index contributed by atoms with van der Waals surface area (Å²) in [5, 5.41) is 14.2. The van der Waals surface area contributed by atoms with E-state index in [0.717, 1.165) is 31.4 Å². The highest BCUT2D eigenvalue weighted by molar-refractivity contribution is 5.36. The average Bonchev–Trinajstić information content (AvgIpc) is 2.36. The molecular weight excluding hydrogens is 286 g/mol. The quantitative estimate of drug-likeness (QED) is 0.780. The molecule has 116 valence electrons. The van der Waals surface area contributed by atoms with Crippen molar-refractivity contribution in [3.63, 3.8) is 0 Å². The molecule has 2 nitrogen and oxygen atoms in total. The van der Waals surface area contributed by atoms with Gasteiger partial charge in [0.05, 0.1) is 11.2 Å². The summed E-state index contributed by atoms with van der Waals surface area (Å²) >= 11 is 0. The third-order valence-electron chi connectivity index (χ3n) is 4.53. The van der Waals surface area contributed by atoms with E-state index in [1.165, 1.54) is 0 Å². The molecule has 21 heavy (non-hydrogen) atoms. The lowest BCUT2D eigenvalue weighted by Crippen LogP contribution is -2.54. The van der Waals surface area contributed by atoms with Crippen molar-refractivity contribution >= 4 is 0 Å². The van der Waals surface area contributed by atoms with Crippen LogP contribution in [-0.2, 0) is 11.8 Å². The van der Waals surface area contributed by atoms with Gasteiger partial charge in [0, 0.05) is 12.1 Å². The number of fused-ring (bicyclic) bond motifs is 2. The molecule has 2 heterocycles. The van der Waals surface area contributed by atoms with Gasteiger partial charge in [0.2, 0.25) is 0 Å². The van der Waals surface area contributed by atoms with Crippen LogP contribution in [0.1, 0.15) is 43.2 Å². The molecule has 0 amide bonds. The van der Waals surface area contributed by atoms with E-state index >= 15 is 0 Å². The minimum absolute atomic E-state index is 0.0219. The summed E-state index contributed by atoms with van der Waals surface area (Å²) < 4.78 is 52.7. The molecular formula is C15H17F4NO. The third kappa shape index (κ3) is 2.79. The molecule has 0 saturated carbocycles. The van der Waals surface area contributed by atoms with Crippen molar-refractivity contribution in [2.75, 3.05) is 0 Å². The Labute approximate surface area is 120 Å². The number of nitrogens with one attached hydrogen (secondary N) is 1. The molecule has 0 aliphatic carbocycles. The lowest BCUT2D eigenvalue weighted by atomic mass is 9.72. The molecule has 2 saturated heterocycles. The topological polar surface area (TPSA) is 32.3 Å². The Morgan fingerprint density at radius 2 is 1.76 bits per heavy atom. The lowest BCUT2D eigenvalue weighted by Gasteiger charge is -2.46. The Morgan fingerprint density at radius 1 is 1.14 bits per heavy atom. The maximum atomic E-state index is 13.2. The largest absolute Gasteiger partial charge is 0.416 e. The first-order chi connectivity index (χ1) is 9.78. The second kappa shape index (κ2) is 4.95. The fourth-order valence-electron chi connectivity index (χ4n) is 3.71.